The van der Waals surface area contributed by atoms with Gasteiger partial charge in [0.05, 0.1) is 24.8 Å². The van der Waals surface area contributed by atoms with Crippen LogP contribution >= 0.6 is 15.9 Å². The van der Waals surface area contributed by atoms with Gasteiger partial charge in [-0.05, 0) is 24.5 Å². The summed E-state index contributed by atoms with van der Waals surface area (Å²) in [5.41, 5.74) is 2.71. The van der Waals surface area contributed by atoms with Gasteiger partial charge in [0.1, 0.15) is 0 Å². The SMILES string of the molecule is COc1cc(Br)cc(/C=N/NC(=O)C[C@@H]2CCS(=O)(=O)C2)c1O. The molecule has 1 atom stereocenters. The molecule has 9 heteroatoms. The van der Waals surface area contributed by atoms with Crippen molar-refractivity contribution < 1.29 is 23.1 Å². The molecule has 0 unspecified atom stereocenters. The van der Waals surface area contributed by atoms with Crippen LogP contribution in [0.1, 0.15) is 18.4 Å². The second-order valence-corrected chi connectivity index (χ2v) is 8.46. The highest BCUT2D eigenvalue weighted by Gasteiger charge is 2.29. The predicted molar refractivity (Wildman–Crippen MR) is 89.5 cm³/mol. The molecule has 126 valence electrons. The van der Waals surface area contributed by atoms with E-state index in [1.165, 1.54) is 13.3 Å². The molecule has 1 aromatic rings. The molecule has 2 rings (SSSR count). The Hall–Kier alpha value is -1.61. The minimum absolute atomic E-state index is 0.0494. The molecule has 1 aliphatic heterocycles. The fourth-order valence-corrected chi connectivity index (χ4v) is 4.68. The molecule has 23 heavy (non-hydrogen) atoms. The van der Waals surface area contributed by atoms with Gasteiger partial charge in [-0.25, -0.2) is 13.8 Å². The normalized spacial score (nSPS) is 19.8. The van der Waals surface area contributed by atoms with Crippen LogP contribution in [0.5, 0.6) is 11.5 Å². The van der Waals surface area contributed by atoms with Gasteiger partial charge in [0.2, 0.25) is 5.91 Å². The number of amides is 1. The Morgan fingerprint density at radius 2 is 2.30 bits per heavy atom. The van der Waals surface area contributed by atoms with E-state index < -0.39 is 9.84 Å². The van der Waals surface area contributed by atoms with Crippen LogP contribution in [0.15, 0.2) is 21.7 Å². The van der Waals surface area contributed by atoms with E-state index in [9.17, 15) is 18.3 Å². The van der Waals surface area contributed by atoms with Crippen molar-refractivity contribution in [3.8, 4) is 11.5 Å². The summed E-state index contributed by atoms with van der Waals surface area (Å²) >= 11 is 3.28. The highest BCUT2D eigenvalue weighted by molar-refractivity contribution is 9.10. The van der Waals surface area contributed by atoms with Gasteiger partial charge in [0, 0.05) is 16.5 Å². The molecule has 1 aromatic carbocycles. The Kier molecular flexibility index (Phi) is 5.64. The van der Waals surface area contributed by atoms with Crippen LogP contribution in [0.4, 0.5) is 0 Å². The number of nitrogens with one attached hydrogen (secondary N) is 1. The molecular weight excluding hydrogens is 388 g/mol. The Balaban J connectivity index is 1.94. The van der Waals surface area contributed by atoms with E-state index in [-0.39, 0.29) is 41.3 Å². The van der Waals surface area contributed by atoms with Gasteiger partial charge in [0.25, 0.3) is 0 Å². The lowest BCUT2D eigenvalue weighted by Gasteiger charge is -2.07. The van der Waals surface area contributed by atoms with Crippen LogP contribution in [-0.4, -0.2) is 44.3 Å². The number of nitrogens with zero attached hydrogens (tertiary/aromatic N) is 1. The number of carbonyl (C=O) groups excluding carboxylic acids is 1. The van der Waals surface area contributed by atoms with Crippen LogP contribution < -0.4 is 10.2 Å². The van der Waals surface area contributed by atoms with Crippen molar-refractivity contribution >= 4 is 37.9 Å². The third kappa shape index (κ3) is 4.93. The first-order chi connectivity index (χ1) is 10.8. The molecule has 2 N–H and O–H groups in total. The number of aromatic hydroxyl groups is 1. The fraction of sp³-hybridized carbons (Fsp3) is 0.429. The molecule has 7 nitrogen and oxygen atoms in total. The zero-order chi connectivity index (χ0) is 17.0. The molecule has 1 saturated heterocycles. The first kappa shape index (κ1) is 17.7. The smallest absolute Gasteiger partial charge is 0.240 e. The summed E-state index contributed by atoms with van der Waals surface area (Å²) in [6, 6.07) is 3.23. The number of benzene rings is 1. The molecule has 0 aliphatic carbocycles. The van der Waals surface area contributed by atoms with Gasteiger partial charge in [0.15, 0.2) is 21.3 Å². The highest BCUT2D eigenvalue weighted by Crippen LogP contribution is 2.32. The molecule has 0 spiro atoms. The lowest BCUT2D eigenvalue weighted by atomic mass is 10.1. The number of methoxy groups -OCH3 is 1. The Bertz CT molecular complexity index is 733. The third-order valence-electron chi connectivity index (χ3n) is 3.48. The Morgan fingerprint density at radius 3 is 2.91 bits per heavy atom. The number of hydrogen-bond acceptors (Lipinski definition) is 6. The van der Waals surface area contributed by atoms with E-state index in [2.05, 4.69) is 26.5 Å². The average molecular weight is 405 g/mol. The number of sulfone groups is 1. The highest BCUT2D eigenvalue weighted by atomic mass is 79.9. The molecule has 0 saturated carbocycles. The van der Waals surface area contributed by atoms with Crippen molar-refractivity contribution in [2.75, 3.05) is 18.6 Å². The molecule has 0 bridgehead atoms. The summed E-state index contributed by atoms with van der Waals surface area (Å²) in [6.45, 7) is 0. The number of halogens is 1. The number of carbonyl (C=O) groups is 1. The quantitative estimate of drug-likeness (QED) is 0.570. The van der Waals surface area contributed by atoms with Gasteiger partial charge in [-0.2, -0.15) is 5.10 Å². The van der Waals surface area contributed by atoms with Crippen molar-refractivity contribution in [2.24, 2.45) is 11.0 Å². The summed E-state index contributed by atoms with van der Waals surface area (Å²) in [5.74, 6) is -0.133. The first-order valence-electron chi connectivity index (χ1n) is 6.89. The largest absolute Gasteiger partial charge is 0.504 e. The van der Waals surface area contributed by atoms with Gasteiger partial charge >= 0.3 is 0 Å². The number of hydrazone groups is 1. The summed E-state index contributed by atoms with van der Waals surface area (Å²) in [6.07, 6.45) is 1.92. The average Bonchev–Trinajstić information content (AvgIpc) is 2.81. The van der Waals surface area contributed by atoms with Crippen LogP contribution in [0, 0.1) is 5.92 Å². The zero-order valence-electron chi connectivity index (χ0n) is 12.5. The lowest BCUT2D eigenvalue weighted by molar-refractivity contribution is -0.121. The van der Waals surface area contributed by atoms with Crippen LogP contribution in [0.3, 0.4) is 0 Å². The van der Waals surface area contributed by atoms with E-state index in [1.54, 1.807) is 12.1 Å². The minimum atomic E-state index is -2.99. The molecule has 0 radical (unpaired) electrons. The molecule has 1 aliphatic rings. The van der Waals surface area contributed by atoms with Crippen molar-refractivity contribution in [2.45, 2.75) is 12.8 Å². The Morgan fingerprint density at radius 1 is 1.57 bits per heavy atom. The molecule has 1 heterocycles. The van der Waals surface area contributed by atoms with Gasteiger partial charge in [-0.15, -0.1) is 0 Å². The molecular formula is C14H17BrN2O5S. The van der Waals surface area contributed by atoms with Crippen LogP contribution in [-0.2, 0) is 14.6 Å². The summed E-state index contributed by atoms with van der Waals surface area (Å²) in [5, 5.41) is 13.7. The second kappa shape index (κ2) is 7.31. The minimum Gasteiger partial charge on any atom is -0.504 e. The number of hydrogen-bond donors (Lipinski definition) is 2. The number of ether oxygens (including phenoxy) is 1. The van der Waals surface area contributed by atoms with E-state index in [4.69, 9.17) is 4.74 Å². The summed E-state index contributed by atoms with van der Waals surface area (Å²) in [4.78, 5) is 11.8. The van der Waals surface area contributed by atoms with Crippen molar-refractivity contribution in [3.63, 3.8) is 0 Å². The zero-order valence-corrected chi connectivity index (χ0v) is 14.9. The van der Waals surface area contributed by atoms with Gasteiger partial charge < -0.3 is 9.84 Å². The fourth-order valence-electron chi connectivity index (χ4n) is 2.36. The Labute approximate surface area is 142 Å². The van der Waals surface area contributed by atoms with E-state index >= 15 is 0 Å². The molecule has 1 fully saturated rings. The van der Waals surface area contributed by atoms with Crippen LogP contribution in [0.2, 0.25) is 0 Å². The van der Waals surface area contributed by atoms with Gasteiger partial charge in [-0.1, -0.05) is 15.9 Å². The number of phenols is 1. The van der Waals surface area contributed by atoms with Crippen molar-refractivity contribution in [1.29, 1.82) is 0 Å². The maximum Gasteiger partial charge on any atom is 0.240 e. The monoisotopic (exact) mass is 404 g/mol. The molecule has 1 amide bonds. The summed E-state index contributed by atoms with van der Waals surface area (Å²) < 4.78 is 28.4. The van der Waals surface area contributed by atoms with E-state index in [0.717, 1.165) is 0 Å². The molecule has 0 aromatic heterocycles. The van der Waals surface area contributed by atoms with E-state index in [1.807, 2.05) is 0 Å². The third-order valence-corrected chi connectivity index (χ3v) is 5.78. The maximum absolute atomic E-state index is 11.8. The van der Waals surface area contributed by atoms with Crippen molar-refractivity contribution in [3.05, 3.63) is 22.2 Å². The van der Waals surface area contributed by atoms with E-state index in [0.29, 0.717) is 16.5 Å². The topological polar surface area (TPSA) is 105 Å². The van der Waals surface area contributed by atoms with Crippen LogP contribution in [0.25, 0.3) is 0 Å². The standard InChI is InChI=1S/C14H17BrN2O5S/c1-22-12-6-11(15)5-10(14(12)19)7-16-17-13(18)4-9-2-3-23(20,21)8-9/h5-7,9,19H,2-4,8H2,1H3,(H,17,18)/b16-7+/t9-/m0/s1. The lowest BCUT2D eigenvalue weighted by Crippen LogP contribution is -2.21. The van der Waals surface area contributed by atoms with Crippen molar-refractivity contribution in [1.82, 2.24) is 5.43 Å². The maximum atomic E-state index is 11.8. The summed E-state index contributed by atoms with van der Waals surface area (Å²) in [7, 11) is -1.56. The predicted octanol–water partition coefficient (Wildman–Crippen LogP) is 1.44. The van der Waals surface area contributed by atoms with Gasteiger partial charge in [-0.3, -0.25) is 4.79 Å². The number of rotatable bonds is 5. The first-order valence-corrected chi connectivity index (χ1v) is 9.51. The number of phenolic OH excluding ortho intramolecular Hbond substituents is 1. The second-order valence-electron chi connectivity index (χ2n) is 5.31.